The summed E-state index contributed by atoms with van der Waals surface area (Å²) in [6.45, 7) is 4.46. The third-order valence-corrected chi connectivity index (χ3v) is 4.77. The monoisotopic (exact) mass is 300 g/mol. The Bertz CT molecular complexity index is 670. The highest BCUT2D eigenvalue weighted by molar-refractivity contribution is 5.81. The molecule has 2 aromatic rings. The Morgan fingerprint density at radius 3 is 2.73 bits per heavy atom. The minimum Gasteiger partial charge on any atom is -0.341 e. The molecule has 3 rings (SSSR count). The predicted molar refractivity (Wildman–Crippen MR) is 87.8 cm³/mol. The number of nitrogens with zero attached hydrogens (tertiary/aromatic N) is 4. The summed E-state index contributed by atoms with van der Waals surface area (Å²) < 4.78 is 2.02. The van der Waals surface area contributed by atoms with Gasteiger partial charge in [-0.2, -0.15) is 0 Å². The van der Waals surface area contributed by atoms with Gasteiger partial charge >= 0.3 is 0 Å². The number of carbonyl (C=O) groups excluding carboxylic acids is 1. The van der Waals surface area contributed by atoms with Crippen LogP contribution in [0.25, 0.3) is 11.0 Å². The number of amides is 1. The number of benzene rings is 1. The second kappa shape index (κ2) is 6.08. The highest BCUT2D eigenvalue weighted by Gasteiger charge is 2.24. The van der Waals surface area contributed by atoms with E-state index in [2.05, 4.69) is 16.9 Å². The lowest BCUT2D eigenvalue weighted by molar-refractivity contribution is -0.133. The van der Waals surface area contributed by atoms with Crippen molar-refractivity contribution in [2.75, 3.05) is 27.2 Å². The molecule has 0 bridgehead atoms. The fourth-order valence-corrected chi connectivity index (χ4v) is 3.23. The van der Waals surface area contributed by atoms with Crippen LogP contribution in [0.5, 0.6) is 0 Å². The molecule has 5 nitrogen and oxygen atoms in total. The molecule has 1 aromatic carbocycles. The first-order chi connectivity index (χ1) is 10.6. The van der Waals surface area contributed by atoms with E-state index in [1.54, 1.807) is 0 Å². The Balaban J connectivity index is 1.74. The zero-order valence-electron chi connectivity index (χ0n) is 13.6. The standard InChI is InChI=1S/C17H24N4O/c1-13-18-15-6-4-5-7-16(15)21(13)12-17(22)20(3)14-8-10-19(2)11-9-14/h4-7,14H,8-12H2,1-3H3. The maximum atomic E-state index is 12.7. The van der Waals surface area contributed by atoms with Crippen LogP contribution in [-0.4, -0.2) is 58.5 Å². The molecule has 0 saturated carbocycles. The van der Waals surface area contributed by atoms with Crippen LogP contribution in [-0.2, 0) is 11.3 Å². The Hall–Kier alpha value is -1.88. The summed E-state index contributed by atoms with van der Waals surface area (Å²) in [5, 5.41) is 0. The van der Waals surface area contributed by atoms with Crippen molar-refractivity contribution in [1.82, 2.24) is 19.4 Å². The first-order valence-corrected chi connectivity index (χ1v) is 7.92. The van der Waals surface area contributed by atoms with Crippen molar-refractivity contribution < 1.29 is 4.79 Å². The average molecular weight is 300 g/mol. The molecule has 1 aliphatic heterocycles. The number of rotatable bonds is 3. The number of para-hydroxylation sites is 2. The highest BCUT2D eigenvalue weighted by atomic mass is 16.2. The number of hydrogen-bond donors (Lipinski definition) is 0. The van der Waals surface area contributed by atoms with E-state index in [1.807, 2.05) is 47.7 Å². The Morgan fingerprint density at radius 1 is 1.32 bits per heavy atom. The van der Waals surface area contributed by atoms with Gasteiger partial charge in [-0.15, -0.1) is 0 Å². The highest BCUT2D eigenvalue weighted by Crippen LogP contribution is 2.18. The lowest BCUT2D eigenvalue weighted by Crippen LogP contribution is -2.45. The third-order valence-electron chi connectivity index (χ3n) is 4.77. The number of imidazole rings is 1. The largest absolute Gasteiger partial charge is 0.341 e. The number of carbonyl (C=O) groups is 1. The minimum absolute atomic E-state index is 0.167. The van der Waals surface area contributed by atoms with E-state index >= 15 is 0 Å². The van der Waals surface area contributed by atoms with Crippen LogP contribution < -0.4 is 0 Å². The van der Waals surface area contributed by atoms with Crippen molar-refractivity contribution in [2.45, 2.75) is 32.4 Å². The fourth-order valence-electron chi connectivity index (χ4n) is 3.23. The lowest BCUT2D eigenvalue weighted by atomic mass is 10.0. The second-order valence-electron chi connectivity index (χ2n) is 6.27. The van der Waals surface area contributed by atoms with E-state index in [-0.39, 0.29) is 5.91 Å². The molecule has 22 heavy (non-hydrogen) atoms. The molecule has 1 aromatic heterocycles. The second-order valence-corrected chi connectivity index (χ2v) is 6.27. The molecule has 0 radical (unpaired) electrons. The minimum atomic E-state index is 0.167. The number of hydrogen-bond acceptors (Lipinski definition) is 3. The molecule has 5 heteroatoms. The zero-order chi connectivity index (χ0) is 15.7. The first-order valence-electron chi connectivity index (χ1n) is 7.92. The molecule has 0 atom stereocenters. The molecule has 1 aliphatic rings. The van der Waals surface area contributed by atoms with Crippen molar-refractivity contribution in [3.63, 3.8) is 0 Å². The molecule has 1 saturated heterocycles. The van der Waals surface area contributed by atoms with Crippen LogP contribution >= 0.6 is 0 Å². The summed E-state index contributed by atoms with van der Waals surface area (Å²) in [4.78, 5) is 21.4. The van der Waals surface area contributed by atoms with E-state index in [4.69, 9.17) is 0 Å². The Labute approximate surface area is 131 Å². The quantitative estimate of drug-likeness (QED) is 0.869. The van der Waals surface area contributed by atoms with Gasteiger partial charge in [-0.05, 0) is 52.0 Å². The molecule has 0 unspecified atom stereocenters. The molecule has 118 valence electrons. The first kappa shape index (κ1) is 15.0. The van der Waals surface area contributed by atoms with Crippen LogP contribution in [0.2, 0.25) is 0 Å². The number of aromatic nitrogens is 2. The van der Waals surface area contributed by atoms with E-state index in [0.29, 0.717) is 12.6 Å². The van der Waals surface area contributed by atoms with Crippen LogP contribution in [0.3, 0.4) is 0 Å². The van der Waals surface area contributed by atoms with Crippen molar-refractivity contribution in [3.8, 4) is 0 Å². The van der Waals surface area contributed by atoms with Crippen molar-refractivity contribution in [2.24, 2.45) is 0 Å². The molecule has 0 spiro atoms. The molecule has 0 N–H and O–H groups in total. The lowest BCUT2D eigenvalue weighted by Gasteiger charge is -2.35. The summed E-state index contributed by atoms with van der Waals surface area (Å²) in [6.07, 6.45) is 2.12. The summed E-state index contributed by atoms with van der Waals surface area (Å²) in [5.74, 6) is 1.06. The normalized spacial score (nSPS) is 17.0. The molecule has 2 heterocycles. The third kappa shape index (κ3) is 2.86. The smallest absolute Gasteiger partial charge is 0.242 e. The summed E-state index contributed by atoms with van der Waals surface area (Å²) in [5.41, 5.74) is 1.99. The van der Waals surface area contributed by atoms with E-state index in [9.17, 15) is 4.79 Å². The molecule has 0 aliphatic carbocycles. The topological polar surface area (TPSA) is 41.4 Å². The van der Waals surface area contributed by atoms with Crippen molar-refractivity contribution in [1.29, 1.82) is 0 Å². The predicted octanol–water partition coefficient (Wildman–Crippen LogP) is 1.90. The maximum Gasteiger partial charge on any atom is 0.242 e. The molecule has 1 amide bonds. The number of likely N-dealkylation sites (N-methyl/N-ethyl adjacent to an activating group) is 1. The van der Waals surface area contributed by atoms with Gasteiger partial charge in [-0.1, -0.05) is 12.1 Å². The van der Waals surface area contributed by atoms with E-state index < -0.39 is 0 Å². The Kier molecular flexibility index (Phi) is 4.16. The summed E-state index contributed by atoms with van der Waals surface area (Å²) >= 11 is 0. The van der Waals surface area contributed by atoms with Gasteiger partial charge < -0.3 is 14.4 Å². The zero-order valence-corrected chi connectivity index (χ0v) is 13.6. The van der Waals surface area contributed by atoms with Crippen LogP contribution in [0.1, 0.15) is 18.7 Å². The Morgan fingerprint density at radius 2 is 2.00 bits per heavy atom. The van der Waals surface area contributed by atoms with E-state index in [1.165, 1.54) is 0 Å². The van der Waals surface area contributed by atoms with Gasteiger partial charge in [0.1, 0.15) is 12.4 Å². The van der Waals surface area contributed by atoms with Gasteiger partial charge in [0.25, 0.3) is 0 Å². The number of fused-ring (bicyclic) bond motifs is 1. The van der Waals surface area contributed by atoms with Crippen LogP contribution in [0, 0.1) is 6.92 Å². The van der Waals surface area contributed by atoms with Crippen molar-refractivity contribution >= 4 is 16.9 Å². The molecular formula is C17H24N4O. The molecular weight excluding hydrogens is 276 g/mol. The van der Waals surface area contributed by atoms with Gasteiger partial charge in [0, 0.05) is 13.1 Å². The average Bonchev–Trinajstić information content (AvgIpc) is 2.83. The summed E-state index contributed by atoms with van der Waals surface area (Å²) in [6, 6.07) is 8.34. The number of aryl methyl sites for hydroxylation is 1. The SMILES string of the molecule is Cc1nc2ccccc2n1CC(=O)N(C)C1CCN(C)CC1. The van der Waals surface area contributed by atoms with Gasteiger partial charge in [-0.25, -0.2) is 4.98 Å². The molecule has 1 fully saturated rings. The maximum absolute atomic E-state index is 12.7. The summed E-state index contributed by atoms with van der Waals surface area (Å²) in [7, 11) is 4.08. The van der Waals surface area contributed by atoms with Gasteiger partial charge in [0.15, 0.2) is 0 Å². The van der Waals surface area contributed by atoms with Gasteiger partial charge in [0.05, 0.1) is 11.0 Å². The van der Waals surface area contributed by atoms with E-state index in [0.717, 1.165) is 42.8 Å². The van der Waals surface area contributed by atoms with Crippen LogP contribution in [0.15, 0.2) is 24.3 Å². The van der Waals surface area contributed by atoms with Gasteiger partial charge in [0.2, 0.25) is 5.91 Å². The fraction of sp³-hybridized carbons (Fsp3) is 0.529. The van der Waals surface area contributed by atoms with Crippen molar-refractivity contribution in [3.05, 3.63) is 30.1 Å². The van der Waals surface area contributed by atoms with Gasteiger partial charge in [-0.3, -0.25) is 4.79 Å². The number of piperidine rings is 1. The van der Waals surface area contributed by atoms with Crippen LogP contribution in [0.4, 0.5) is 0 Å². The number of likely N-dealkylation sites (tertiary alicyclic amines) is 1.